The van der Waals surface area contributed by atoms with Crippen LogP contribution >= 0.6 is 36.7 Å². The van der Waals surface area contributed by atoms with E-state index in [0.29, 0.717) is 19.8 Å². The van der Waals surface area contributed by atoms with E-state index < -0.39 is 0 Å². The van der Waals surface area contributed by atoms with E-state index in [-0.39, 0.29) is 37.6 Å². The fraction of sp³-hybridized carbons (Fsp3) is 0.800. The molecule has 0 aliphatic rings. The Morgan fingerprint density at radius 2 is 0.800 bits per heavy atom. The van der Waals surface area contributed by atoms with Crippen molar-refractivity contribution in [3.8, 4) is 0 Å². The van der Waals surface area contributed by atoms with Crippen molar-refractivity contribution in [2.45, 2.75) is 59.3 Å². The van der Waals surface area contributed by atoms with Gasteiger partial charge in [-0.3, -0.25) is 0 Å². The minimum Gasteiger partial charge on any atom is -0.514 e. The third-order valence-electron chi connectivity index (χ3n) is 2.15. The molecule has 0 heterocycles. The molecule has 0 spiro atoms. The summed E-state index contributed by atoms with van der Waals surface area (Å²) < 4.78 is 15.2. The molecule has 0 bridgehead atoms. The molecule has 146 valence electrons. The van der Waals surface area contributed by atoms with Gasteiger partial charge in [-0.05, 0) is 19.3 Å². The van der Waals surface area contributed by atoms with Crippen LogP contribution in [0, 0.1) is 0 Å². The van der Waals surface area contributed by atoms with Gasteiger partial charge < -0.3 is 88.8 Å². The molecule has 2 radical (unpaired) electrons. The summed E-state index contributed by atoms with van der Waals surface area (Å²) in [5.74, 6) is 0. The summed E-state index contributed by atoms with van der Waals surface area (Å²) in [4.78, 5) is 0. The molecule has 0 amide bonds. The third kappa shape index (κ3) is 51.7. The number of ether oxygens (including phenoxy) is 3. The smallest absolute Gasteiger partial charge is 0.514 e. The summed E-state index contributed by atoms with van der Waals surface area (Å²) in [6, 6.07) is 0. The van der Waals surface area contributed by atoms with Crippen LogP contribution in [0.25, 0.3) is 0 Å². The first-order chi connectivity index (χ1) is 11.3. The minimum absolute atomic E-state index is 0. The second kappa shape index (κ2) is 29.9. The van der Waals surface area contributed by atoms with Crippen molar-refractivity contribution in [2.24, 2.45) is 0 Å². The maximum Gasteiger partial charge on any atom is 3.00 e. The van der Waals surface area contributed by atoms with Crippen LogP contribution in [0.5, 0.6) is 0 Å². The van der Waals surface area contributed by atoms with Gasteiger partial charge in [0.05, 0.1) is 19.8 Å². The number of hydrogen-bond acceptors (Lipinski definition) is 9. The van der Waals surface area contributed by atoms with Gasteiger partial charge in [-0.1, -0.05) is 40.0 Å². The van der Waals surface area contributed by atoms with Gasteiger partial charge in [0.25, 0.3) is 0 Å². The Kier molecular flexibility index (Phi) is 40.3. The van der Waals surface area contributed by atoms with Gasteiger partial charge in [-0.25, -0.2) is 0 Å². The van der Waals surface area contributed by atoms with E-state index in [1.165, 1.54) is 0 Å². The molecule has 0 aliphatic heterocycles. The van der Waals surface area contributed by atoms with Gasteiger partial charge >= 0.3 is 24.4 Å². The molecule has 25 heavy (non-hydrogen) atoms. The molecule has 0 aromatic heterocycles. The molecular weight excluding hydrogens is 542 g/mol. The van der Waals surface area contributed by atoms with Crippen molar-refractivity contribution in [1.82, 2.24) is 0 Å². The molecule has 0 aliphatic carbocycles. The Labute approximate surface area is 203 Å². The normalized spacial score (nSPS) is 8.28. The van der Waals surface area contributed by atoms with Gasteiger partial charge in [-0.2, -0.15) is 0 Å². The number of rotatable bonds is 9. The van der Waals surface area contributed by atoms with Crippen molar-refractivity contribution < 1.29 is 14.2 Å². The van der Waals surface area contributed by atoms with Gasteiger partial charge in [0.1, 0.15) is 0 Å². The fourth-order valence-electron chi connectivity index (χ4n) is 0.900. The van der Waals surface area contributed by atoms with Gasteiger partial charge in [0.2, 0.25) is 0 Å². The first kappa shape index (κ1) is 33.7. The van der Waals surface area contributed by atoms with Crippen LogP contribution in [0.1, 0.15) is 59.3 Å². The summed E-state index contributed by atoms with van der Waals surface area (Å²) in [6.45, 7) is 8.32. The molecule has 0 aromatic carbocycles. The molecule has 0 saturated carbocycles. The molecule has 0 unspecified atom stereocenters. The number of thiocarbonyl (C=S) groups is 3. The van der Waals surface area contributed by atoms with E-state index in [9.17, 15) is 0 Å². The largest absolute Gasteiger partial charge is 3.00 e. The number of unbranched alkanes of at least 4 members (excludes halogenated alkanes) is 3. The number of hydrogen-bond donors (Lipinski definition) is 0. The molecule has 0 atom stereocenters. The van der Waals surface area contributed by atoms with Crippen LogP contribution in [-0.4, -0.2) is 57.4 Å². The summed E-state index contributed by atoms with van der Waals surface area (Å²) in [5.41, 5.74) is 0. The topological polar surface area (TPSA) is 27.7 Å². The predicted octanol–water partition coefficient (Wildman–Crippen LogP) is 4.52. The van der Waals surface area contributed by atoms with Crippen LogP contribution in [0.15, 0.2) is 0 Å². The Bertz CT molecular complexity index is 272. The first-order valence-electron chi connectivity index (χ1n) is 7.82. The van der Waals surface area contributed by atoms with Crippen molar-refractivity contribution in [2.75, 3.05) is 19.8 Å². The van der Waals surface area contributed by atoms with E-state index in [1.807, 2.05) is 0 Å². The third-order valence-corrected chi connectivity index (χ3v) is 2.86. The molecule has 3 nitrogen and oxygen atoms in total. The molecule has 0 fully saturated rings. The molecule has 0 N–H and O–H groups in total. The molecule has 0 rings (SSSR count). The second-order valence-electron chi connectivity index (χ2n) is 4.36. The predicted molar refractivity (Wildman–Crippen MR) is 128 cm³/mol. The van der Waals surface area contributed by atoms with Crippen molar-refractivity contribution in [3.05, 3.63) is 0 Å². The molecule has 0 saturated heterocycles. The van der Waals surface area contributed by atoms with Gasteiger partial charge in [0, 0.05) is 13.1 Å². The summed E-state index contributed by atoms with van der Waals surface area (Å²) in [5, 5.41) is 0. The van der Waals surface area contributed by atoms with E-state index >= 15 is 0 Å². The zero-order valence-electron chi connectivity index (χ0n) is 15.0. The summed E-state index contributed by atoms with van der Waals surface area (Å²) >= 11 is 27.0. The molecule has 0 aromatic rings. The van der Waals surface area contributed by atoms with Crippen LogP contribution in [-0.2, 0) is 52.1 Å². The average Bonchev–Trinajstić information content (AvgIpc) is 2.48. The Morgan fingerprint density at radius 1 is 0.600 bits per heavy atom. The Morgan fingerprint density at radius 3 is 0.920 bits per heavy atom. The zero-order valence-corrected chi connectivity index (χ0v) is 22.4. The second-order valence-corrected chi connectivity index (χ2v) is 7.36. The van der Waals surface area contributed by atoms with Crippen molar-refractivity contribution in [3.63, 3.8) is 0 Å². The van der Waals surface area contributed by atoms with Gasteiger partial charge in [-0.15, -0.1) is 0 Å². The summed E-state index contributed by atoms with van der Waals surface area (Å²) in [7, 11) is 0. The van der Waals surface area contributed by atoms with E-state index in [4.69, 9.17) is 14.2 Å². The van der Waals surface area contributed by atoms with E-state index in [0.717, 1.165) is 38.5 Å². The molecule has 10 heteroatoms. The Hall–Kier alpha value is 1.15. The van der Waals surface area contributed by atoms with Crippen LogP contribution in [0.2, 0.25) is 0 Å². The van der Waals surface area contributed by atoms with Crippen molar-refractivity contribution in [1.29, 1.82) is 0 Å². The van der Waals surface area contributed by atoms with Gasteiger partial charge in [0.15, 0.2) is 0 Å². The fourth-order valence-corrected chi connectivity index (χ4v) is 1.40. The van der Waals surface area contributed by atoms with Crippen LogP contribution < -0.4 is 0 Å². The first-order valence-corrected chi connectivity index (χ1v) is 10.3. The monoisotopic (exact) mass is 568 g/mol. The SMILES string of the molecule is CCCCOC(=S)[S-].CCCCOC(=S)[S-].CCCCOC(=S)[S-].[Sb+3]. The summed E-state index contributed by atoms with van der Waals surface area (Å²) in [6.07, 6.45) is 6.48. The Balaban J connectivity index is -0.000000130. The molecular formula is C15H27O3S6Sb. The van der Waals surface area contributed by atoms with E-state index in [1.54, 1.807) is 0 Å². The van der Waals surface area contributed by atoms with Crippen LogP contribution in [0.3, 0.4) is 0 Å². The minimum atomic E-state index is 0. The average molecular weight is 570 g/mol. The standard InChI is InChI=1S/3C5H10OS2.Sb/c3*1-2-3-4-6-5(7)8;/h3*2-4H2,1H3,(H,7,8);/q;;;+3/p-3. The van der Waals surface area contributed by atoms with E-state index in [2.05, 4.69) is 95.3 Å². The quantitative estimate of drug-likeness (QED) is 0.172. The maximum absolute atomic E-state index is 4.83. The maximum atomic E-state index is 4.83. The zero-order chi connectivity index (χ0) is 19.2. The van der Waals surface area contributed by atoms with Crippen molar-refractivity contribution >= 4 is 112 Å². The van der Waals surface area contributed by atoms with Crippen LogP contribution in [0.4, 0.5) is 0 Å².